The van der Waals surface area contributed by atoms with Gasteiger partial charge in [-0.25, -0.2) is 4.98 Å². The highest BCUT2D eigenvalue weighted by Gasteiger charge is 2.29. The Balaban J connectivity index is 2.47. The highest BCUT2D eigenvalue weighted by molar-refractivity contribution is 7.51. The van der Waals surface area contributed by atoms with Crippen molar-refractivity contribution < 1.29 is 23.9 Å². The smallest absolute Gasteiger partial charge is 0.325 e. The van der Waals surface area contributed by atoms with Crippen molar-refractivity contribution in [3.8, 4) is 12.3 Å². The lowest BCUT2D eigenvalue weighted by atomic mass is 10.0. The normalized spacial score (nSPS) is 11.4. The van der Waals surface area contributed by atoms with Crippen molar-refractivity contribution in [2.24, 2.45) is 0 Å². The van der Waals surface area contributed by atoms with E-state index < -0.39 is 7.60 Å². The Hall–Kier alpha value is -2.92. The van der Waals surface area contributed by atoms with Crippen LogP contribution in [0.2, 0.25) is 0 Å². The number of nitrogens with zero attached hydrogens (tertiary/aromatic N) is 4. The lowest BCUT2D eigenvalue weighted by Crippen LogP contribution is -2.32. The minimum absolute atomic E-state index is 0.101. The number of amides is 2. The average molecular weight is 503 g/mol. The van der Waals surface area contributed by atoms with Crippen LogP contribution in [-0.4, -0.2) is 62.9 Å². The third-order valence-electron chi connectivity index (χ3n) is 5.74. The third-order valence-corrected chi connectivity index (χ3v) is 6.64. The second-order valence-corrected chi connectivity index (χ2v) is 10.6. The second kappa shape index (κ2) is 12.7. The van der Waals surface area contributed by atoms with Gasteiger partial charge in [-0.2, -0.15) is 0 Å². The molecule has 0 unspecified atom stereocenters. The number of aryl methyl sites for hydroxylation is 3. The van der Waals surface area contributed by atoms with E-state index in [-0.39, 0.29) is 49.1 Å². The van der Waals surface area contributed by atoms with Gasteiger partial charge in [-0.3, -0.25) is 19.1 Å². The summed E-state index contributed by atoms with van der Waals surface area (Å²) in [5.74, 6) is 3.03. The van der Waals surface area contributed by atoms with E-state index in [4.69, 9.17) is 21.2 Å². The molecule has 0 saturated carbocycles. The number of hydrogen-bond donors (Lipinski definition) is 2. The second-order valence-electron chi connectivity index (χ2n) is 8.85. The van der Waals surface area contributed by atoms with Crippen molar-refractivity contribution in [1.82, 2.24) is 14.5 Å². The summed E-state index contributed by atoms with van der Waals surface area (Å²) in [5, 5.41) is 0. The van der Waals surface area contributed by atoms with Crippen molar-refractivity contribution in [3.63, 3.8) is 0 Å². The molecule has 0 radical (unpaired) electrons. The maximum atomic E-state index is 13.4. The molecule has 1 heterocycles. The third kappa shape index (κ3) is 7.79. The SMILES string of the molecule is C#CCN(C)C(=O)c1c(N(C=O)CCCCP(=O)(O)O)nc(CCc2ccccc2C)n1C(C)C. The summed E-state index contributed by atoms with van der Waals surface area (Å²) in [5.41, 5.74) is 2.62. The fourth-order valence-corrected chi connectivity index (χ4v) is 4.57. The van der Waals surface area contributed by atoms with Crippen LogP contribution in [0.1, 0.15) is 60.2 Å². The topological polar surface area (TPSA) is 116 Å². The molecule has 0 fully saturated rings. The number of benzene rings is 1. The van der Waals surface area contributed by atoms with Gasteiger partial charge in [0.05, 0.1) is 6.54 Å². The van der Waals surface area contributed by atoms with Gasteiger partial charge < -0.3 is 19.3 Å². The molecule has 0 aliphatic carbocycles. The maximum absolute atomic E-state index is 13.4. The van der Waals surface area contributed by atoms with E-state index in [1.54, 1.807) is 7.05 Å². The number of imidazole rings is 1. The molecule has 2 aromatic rings. The maximum Gasteiger partial charge on any atom is 0.325 e. The highest BCUT2D eigenvalue weighted by Crippen LogP contribution is 2.35. The Kier molecular flexibility index (Phi) is 10.3. The van der Waals surface area contributed by atoms with Crippen molar-refractivity contribution in [3.05, 3.63) is 46.9 Å². The van der Waals surface area contributed by atoms with Crippen LogP contribution in [0.5, 0.6) is 0 Å². The lowest BCUT2D eigenvalue weighted by molar-refractivity contribution is -0.107. The molecule has 0 spiro atoms. The van der Waals surface area contributed by atoms with Crippen LogP contribution in [0, 0.1) is 19.3 Å². The largest absolute Gasteiger partial charge is 0.329 e. The molecule has 0 aliphatic heterocycles. The molecule has 9 nitrogen and oxygen atoms in total. The summed E-state index contributed by atoms with van der Waals surface area (Å²) >= 11 is 0. The van der Waals surface area contributed by atoms with Gasteiger partial charge in [-0.05, 0) is 51.2 Å². The Bertz CT molecular complexity index is 1120. The van der Waals surface area contributed by atoms with E-state index in [0.717, 1.165) is 0 Å². The molecular weight excluding hydrogens is 467 g/mol. The molecule has 0 bridgehead atoms. The van der Waals surface area contributed by atoms with E-state index in [0.29, 0.717) is 31.5 Å². The van der Waals surface area contributed by atoms with E-state index in [1.807, 2.05) is 43.5 Å². The molecule has 2 amide bonds. The summed E-state index contributed by atoms with van der Waals surface area (Å²) in [4.78, 5) is 51.2. The minimum Gasteiger partial charge on any atom is -0.329 e. The van der Waals surface area contributed by atoms with Gasteiger partial charge in [0, 0.05) is 32.2 Å². The summed E-state index contributed by atoms with van der Waals surface area (Å²) in [6.07, 6.45) is 7.62. The quantitative estimate of drug-likeness (QED) is 0.188. The van der Waals surface area contributed by atoms with Crippen LogP contribution in [0.15, 0.2) is 24.3 Å². The molecule has 10 heteroatoms. The van der Waals surface area contributed by atoms with Gasteiger partial charge in [-0.15, -0.1) is 6.42 Å². The Morgan fingerprint density at radius 2 is 1.94 bits per heavy atom. The highest BCUT2D eigenvalue weighted by atomic mass is 31.2. The fourth-order valence-electron chi connectivity index (χ4n) is 3.93. The first-order valence-electron chi connectivity index (χ1n) is 11.6. The Labute approximate surface area is 207 Å². The van der Waals surface area contributed by atoms with Crippen LogP contribution >= 0.6 is 7.60 Å². The van der Waals surface area contributed by atoms with Gasteiger partial charge in [0.2, 0.25) is 6.41 Å². The van der Waals surface area contributed by atoms with Gasteiger partial charge in [0.25, 0.3) is 5.91 Å². The van der Waals surface area contributed by atoms with Crippen LogP contribution in [0.25, 0.3) is 0 Å². The van der Waals surface area contributed by atoms with E-state index in [2.05, 4.69) is 12.0 Å². The number of aromatic nitrogens is 2. The predicted octanol–water partition coefficient (Wildman–Crippen LogP) is 3.18. The monoisotopic (exact) mass is 502 g/mol. The van der Waals surface area contributed by atoms with Gasteiger partial charge in [0.1, 0.15) is 5.82 Å². The number of terminal acetylenes is 1. The Morgan fingerprint density at radius 3 is 2.51 bits per heavy atom. The van der Waals surface area contributed by atoms with Gasteiger partial charge in [-0.1, -0.05) is 30.2 Å². The van der Waals surface area contributed by atoms with Crippen molar-refractivity contribution in [2.75, 3.05) is 31.2 Å². The standard InChI is InChI=1S/C25H35N4O5P/c1-6-15-27(5)25(31)23-24(28(18-30)16-9-10-17-35(32,33)34)26-22(29(23)19(2)3)14-13-21-12-8-7-11-20(21)4/h1,7-8,11-12,18-19H,9-10,13-17H2,2-5H3,(H2,32,33,34). The first kappa shape index (κ1) is 28.3. The fraction of sp³-hybridized carbons (Fsp3) is 0.480. The van der Waals surface area contributed by atoms with E-state index in [9.17, 15) is 14.2 Å². The number of carbonyl (C=O) groups excluding carboxylic acids is 2. The predicted molar refractivity (Wildman–Crippen MR) is 137 cm³/mol. The van der Waals surface area contributed by atoms with Crippen LogP contribution < -0.4 is 4.90 Å². The van der Waals surface area contributed by atoms with Gasteiger partial charge >= 0.3 is 7.60 Å². The van der Waals surface area contributed by atoms with Crippen molar-refractivity contribution >= 4 is 25.7 Å². The van der Waals surface area contributed by atoms with E-state index >= 15 is 0 Å². The lowest BCUT2D eigenvalue weighted by Gasteiger charge is -2.22. The number of anilines is 1. The Morgan fingerprint density at radius 1 is 1.26 bits per heavy atom. The first-order chi connectivity index (χ1) is 16.5. The van der Waals surface area contributed by atoms with Crippen LogP contribution in [0.4, 0.5) is 5.82 Å². The minimum atomic E-state index is -4.12. The molecule has 0 aliphatic rings. The van der Waals surface area contributed by atoms with Crippen LogP contribution in [-0.2, 0) is 22.2 Å². The zero-order valence-electron chi connectivity index (χ0n) is 20.8. The molecule has 0 atom stereocenters. The molecule has 0 saturated heterocycles. The summed E-state index contributed by atoms with van der Waals surface area (Å²) in [6.45, 7) is 6.22. The first-order valence-corrected chi connectivity index (χ1v) is 13.4. The number of unbranched alkanes of at least 4 members (excludes halogenated alkanes) is 1. The molecule has 2 N–H and O–H groups in total. The molecule has 35 heavy (non-hydrogen) atoms. The summed E-state index contributed by atoms with van der Waals surface area (Å²) in [6, 6.07) is 7.97. The molecule has 190 valence electrons. The number of rotatable bonds is 13. The van der Waals surface area contributed by atoms with Crippen molar-refractivity contribution in [1.29, 1.82) is 0 Å². The van der Waals surface area contributed by atoms with Crippen molar-refractivity contribution in [2.45, 2.75) is 52.5 Å². The molecule has 1 aromatic heterocycles. The summed E-state index contributed by atoms with van der Waals surface area (Å²) in [7, 11) is -2.52. The van der Waals surface area contributed by atoms with Crippen LogP contribution in [0.3, 0.4) is 0 Å². The van der Waals surface area contributed by atoms with Gasteiger partial charge in [0.15, 0.2) is 11.5 Å². The average Bonchev–Trinajstić information content (AvgIpc) is 3.17. The summed E-state index contributed by atoms with van der Waals surface area (Å²) < 4.78 is 13.0. The van der Waals surface area contributed by atoms with E-state index in [1.165, 1.54) is 20.9 Å². The number of hydrogen-bond acceptors (Lipinski definition) is 4. The zero-order valence-corrected chi connectivity index (χ0v) is 21.7. The molecule has 2 rings (SSSR count). The molecular formula is C25H35N4O5P. The zero-order chi connectivity index (χ0) is 26.2. The molecule has 1 aromatic carbocycles. The number of carbonyl (C=O) groups is 2.